The maximum Gasteiger partial charge on any atom is 0.159 e. The quantitative estimate of drug-likeness (QED) is 0.558. The molecule has 0 fully saturated rings. The summed E-state index contributed by atoms with van der Waals surface area (Å²) in [6.45, 7) is 11.4. The highest BCUT2D eigenvalue weighted by atomic mass is 15.5. The summed E-state index contributed by atoms with van der Waals surface area (Å²) in [5.41, 5.74) is 1.90. The standard InChI is InChI=1S/C11H16N4/c1-6-9-10(8(2)3)13-7-14-11(9)15(5)12-4/h6-8H,1,4H2,2-3,5H3. The minimum absolute atomic E-state index is 0.331. The molecule has 4 nitrogen and oxygen atoms in total. The van der Waals surface area contributed by atoms with E-state index >= 15 is 0 Å². The fraction of sp³-hybridized carbons (Fsp3) is 0.364. The Labute approximate surface area is 90.4 Å². The maximum absolute atomic E-state index is 4.26. The van der Waals surface area contributed by atoms with Gasteiger partial charge >= 0.3 is 0 Å². The third-order valence-corrected chi connectivity index (χ3v) is 2.16. The van der Waals surface area contributed by atoms with E-state index < -0.39 is 0 Å². The van der Waals surface area contributed by atoms with Crippen LogP contribution in [0.1, 0.15) is 31.0 Å². The molecule has 0 saturated carbocycles. The Morgan fingerprint density at radius 2 is 2.13 bits per heavy atom. The normalized spacial score (nSPS) is 10.1. The van der Waals surface area contributed by atoms with E-state index in [9.17, 15) is 0 Å². The third-order valence-electron chi connectivity index (χ3n) is 2.16. The SMILES string of the molecule is C=Cc1c(C(C)C)ncnc1N(C)N=C. The monoisotopic (exact) mass is 204 g/mol. The van der Waals surface area contributed by atoms with Crippen LogP contribution in [0, 0.1) is 0 Å². The largest absolute Gasteiger partial charge is 0.251 e. The molecular weight excluding hydrogens is 188 g/mol. The van der Waals surface area contributed by atoms with Crippen molar-refractivity contribution < 1.29 is 0 Å². The zero-order chi connectivity index (χ0) is 11.4. The third kappa shape index (κ3) is 2.21. The first-order valence-corrected chi connectivity index (χ1v) is 4.79. The summed E-state index contributed by atoms with van der Waals surface area (Å²) in [5, 5.41) is 5.43. The Hall–Kier alpha value is -1.71. The van der Waals surface area contributed by atoms with Crippen LogP contribution in [0.15, 0.2) is 18.0 Å². The highest BCUT2D eigenvalue weighted by molar-refractivity contribution is 5.65. The highest BCUT2D eigenvalue weighted by Crippen LogP contribution is 2.25. The average Bonchev–Trinajstić information content (AvgIpc) is 2.26. The predicted molar refractivity (Wildman–Crippen MR) is 64.2 cm³/mol. The molecule has 0 N–H and O–H groups in total. The van der Waals surface area contributed by atoms with Gasteiger partial charge in [-0.1, -0.05) is 26.5 Å². The topological polar surface area (TPSA) is 41.4 Å². The van der Waals surface area contributed by atoms with Crippen molar-refractivity contribution >= 4 is 18.6 Å². The van der Waals surface area contributed by atoms with Crippen molar-refractivity contribution in [2.45, 2.75) is 19.8 Å². The van der Waals surface area contributed by atoms with Gasteiger partial charge in [-0.25, -0.2) is 9.97 Å². The Morgan fingerprint density at radius 3 is 2.60 bits per heavy atom. The van der Waals surface area contributed by atoms with Crippen LogP contribution in [0.3, 0.4) is 0 Å². The molecule has 1 rings (SSSR count). The van der Waals surface area contributed by atoms with E-state index in [1.165, 1.54) is 0 Å². The zero-order valence-corrected chi connectivity index (χ0v) is 9.44. The Kier molecular flexibility index (Phi) is 3.55. The molecule has 0 aliphatic rings. The van der Waals surface area contributed by atoms with Crippen molar-refractivity contribution in [3.05, 3.63) is 24.2 Å². The van der Waals surface area contributed by atoms with Crippen LogP contribution in [0.4, 0.5) is 5.82 Å². The minimum Gasteiger partial charge on any atom is -0.251 e. The first-order chi connectivity index (χ1) is 7.11. The van der Waals surface area contributed by atoms with Gasteiger partial charge in [-0.15, -0.1) is 0 Å². The number of hydrogen-bond acceptors (Lipinski definition) is 4. The second-order valence-electron chi connectivity index (χ2n) is 3.52. The van der Waals surface area contributed by atoms with Crippen molar-refractivity contribution in [3.8, 4) is 0 Å². The van der Waals surface area contributed by atoms with Gasteiger partial charge in [-0.05, 0) is 5.92 Å². The fourth-order valence-electron chi connectivity index (χ4n) is 1.38. The zero-order valence-electron chi connectivity index (χ0n) is 9.44. The van der Waals surface area contributed by atoms with E-state index in [0.29, 0.717) is 5.92 Å². The molecule has 0 unspecified atom stereocenters. The van der Waals surface area contributed by atoms with E-state index in [0.717, 1.165) is 17.1 Å². The molecule has 0 spiro atoms. The van der Waals surface area contributed by atoms with Crippen LogP contribution in [0.2, 0.25) is 0 Å². The second-order valence-corrected chi connectivity index (χ2v) is 3.52. The van der Waals surface area contributed by atoms with Crippen molar-refractivity contribution in [1.29, 1.82) is 0 Å². The molecule has 15 heavy (non-hydrogen) atoms. The van der Waals surface area contributed by atoms with Crippen LogP contribution < -0.4 is 5.01 Å². The molecule has 0 saturated heterocycles. The summed E-state index contributed by atoms with van der Waals surface area (Å²) in [6.07, 6.45) is 3.30. The van der Waals surface area contributed by atoms with Crippen LogP contribution in [0.5, 0.6) is 0 Å². The van der Waals surface area contributed by atoms with E-state index in [4.69, 9.17) is 0 Å². The van der Waals surface area contributed by atoms with Gasteiger partial charge in [0.05, 0.1) is 5.69 Å². The van der Waals surface area contributed by atoms with Gasteiger partial charge in [0.15, 0.2) is 5.82 Å². The lowest BCUT2D eigenvalue weighted by atomic mass is 10.0. The van der Waals surface area contributed by atoms with E-state index in [-0.39, 0.29) is 0 Å². The van der Waals surface area contributed by atoms with Crippen LogP contribution in [-0.2, 0) is 0 Å². The van der Waals surface area contributed by atoms with Gasteiger partial charge in [-0.3, -0.25) is 5.01 Å². The molecule has 0 aliphatic carbocycles. The minimum atomic E-state index is 0.331. The molecular formula is C11H16N4. The summed E-state index contributed by atoms with van der Waals surface area (Å²) < 4.78 is 0. The van der Waals surface area contributed by atoms with Gasteiger partial charge in [0.1, 0.15) is 6.33 Å². The summed E-state index contributed by atoms with van der Waals surface area (Å²) in [7, 11) is 1.80. The molecule has 80 valence electrons. The number of aromatic nitrogens is 2. The Morgan fingerprint density at radius 1 is 1.47 bits per heavy atom. The molecule has 4 heteroatoms. The molecule has 0 atom stereocenters. The molecule has 0 aliphatic heterocycles. The number of nitrogens with zero attached hydrogens (tertiary/aromatic N) is 4. The predicted octanol–water partition coefficient (Wildman–Crippen LogP) is 2.29. The summed E-state index contributed by atoms with van der Waals surface area (Å²) in [5.74, 6) is 1.07. The first kappa shape index (κ1) is 11.4. The van der Waals surface area contributed by atoms with Crippen LogP contribution >= 0.6 is 0 Å². The van der Waals surface area contributed by atoms with Crippen molar-refractivity contribution in [2.24, 2.45) is 5.10 Å². The molecule has 0 radical (unpaired) electrons. The first-order valence-electron chi connectivity index (χ1n) is 4.79. The number of hydrazone groups is 1. The van der Waals surface area contributed by atoms with Crippen LogP contribution in [0.25, 0.3) is 6.08 Å². The Bertz CT molecular complexity index is 371. The molecule has 0 amide bonds. The molecule has 1 heterocycles. The van der Waals surface area contributed by atoms with Gasteiger partial charge in [0.25, 0.3) is 0 Å². The van der Waals surface area contributed by atoms with E-state index in [1.54, 1.807) is 24.5 Å². The summed E-state index contributed by atoms with van der Waals surface area (Å²) >= 11 is 0. The highest BCUT2D eigenvalue weighted by Gasteiger charge is 2.13. The van der Waals surface area contributed by atoms with Gasteiger partial charge in [0, 0.05) is 19.3 Å². The van der Waals surface area contributed by atoms with Crippen molar-refractivity contribution in [2.75, 3.05) is 12.1 Å². The Balaban J connectivity index is 3.34. The van der Waals surface area contributed by atoms with E-state index in [1.807, 2.05) is 0 Å². The lowest BCUT2D eigenvalue weighted by molar-refractivity contribution is 0.804. The lowest BCUT2D eigenvalue weighted by Gasteiger charge is -2.17. The van der Waals surface area contributed by atoms with Crippen molar-refractivity contribution in [3.63, 3.8) is 0 Å². The van der Waals surface area contributed by atoms with Crippen LogP contribution in [-0.4, -0.2) is 23.7 Å². The maximum atomic E-state index is 4.26. The lowest BCUT2D eigenvalue weighted by Crippen LogP contribution is -2.13. The molecule has 0 aromatic carbocycles. The van der Waals surface area contributed by atoms with Gasteiger partial charge in [0.2, 0.25) is 0 Å². The van der Waals surface area contributed by atoms with Gasteiger partial charge < -0.3 is 0 Å². The molecule has 0 bridgehead atoms. The average molecular weight is 204 g/mol. The molecule has 1 aromatic heterocycles. The van der Waals surface area contributed by atoms with Gasteiger partial charge in [-0.2, -0.15) is 5.10 Å². The summed E-state index contributed by atoms with van der Waals surface area (Å²) in [4.78, 5) is 8.43. The summed E-state index contributed by atoms with van der Waals surface area (Å²) in [6, 6.07) is 0. The number of rotatable bonds is 4. The second kappa shape index (κ2) is 4.68. The molecule has 1 aromatic rings. The fourth-order valence-corrected chi connectivity index (χ4v) is 1.38. The number of hydrogen-bond donors (Lipinski definition) is 0. The smallest absolute Gasteiger partial charge is 0.159 e. The van der Waals surface area contributed by atoms with Crippen molar-refractivity contribution in [1.82, 2.24) is 9.97 Å². The number of anilines is 1. The van der Waals surface area contributed by atoms with E-state index in [2.05, 4.69) is 42.2 Å².